The van der Waals surface area contributed by atoms with Gasteiger partial charge < -0.3 is 49.2 Å². The SMILES string of the molecule is [2H]OC(C(=O)OCC#CCN(C([2H])([2H])C)C([2H])([2H])C)(c1c([2H])c([2H])c([2H])c([2H])c1[2H])C1([2H])C([2H])([2H])C([2H])([2H])C([2H])([2H])C([2H])([2H])C1([2H])[2H].[2H]OC(C(=O)OCC#CCN(C([2H])([2H])C)C([2H])([2H])C)(c1c([2H])c([2H])c([2H])c([2H])c1[2H])C1CCCCC1.[2H]OC(C(=O)OCC#CCN(C([2H])([2H])C)C([2H])([2H])C)(c1ccccc1)C1([2H])C([2H])([2H])C([2H])([2H])C([2H])([2H])C([2H])([2H])C1([2H])[2H].[2H]OC(C(=O)OCC#CCN(C([2H])([2H])C)C([2H])([2H])C)(c1ccccc1)C1CCCCC1.[2H]OC(C(=O)OCC#CCN(CC([2H])([2H])[2H])CC([2H])([2H])[2H])(c1c([2H])c([2H])c([2H])c([2H])c1[2H])C1([2H])C([2H])([2H])C([2H])([2H])C([2H])([2H])C([2H])([2H])C1([2H])[2H]. The van der Waals surface area contributed by atoms with Gasteiger partial charge in [0.2, 0.25) is 7.16 Å². The van der Waals surface area contributed by atoms with Crippen molar-refractivity contribution in [3.63, 3.8) is 0 Å². The largest absolute Gasteiger partial charge is 0.450 e. The number of nitrogens with zero attached hydrogens (tertiary/aromatic N) is 5. The molecule has 0 saturated heterocycles. The number of rotatable bonds is 40. The van der Waals surface area contributed by atoms with Gasteiger partial charge in [-0.1, -0.05) is 375 Å². The molecule has 0 amide bonds. The number of ether oxygens (including phenoxy) is 5. The van der Waals surface area contributed by atoms with Crippen LogP contribution in [-0.2, 0) is 75.7 Å². The first-order valence-electron chi connectivity index (χ1n) is 77.3. The Bertz CT molecular complexity index is 7890. The predicted octanol–water partition coefficient (Wildman–Crippen LogP) is 16.7. The molecule has 0 aromatic heterocycles. The quantitative estimate of drug-likeness (QED) is 0.0139. The van der Waals surface area contributed by atoms with E-state index in [0.29, 0.717) is 36.1 Å². The highest BCUT2D eigenvalue weighted by atomic mass is 16.6. The monoisotopic (exact) mass is 1860 g/mol. The zero-order valence-electron chi connectivity index (χ0n) is 148. The molecule has 0 spiro atoms. The highest BCUT2D eigenvalue weighted by molar-refractivity contribution is 5.84. The number of hydrogen-bond acceptors (Lipinski definition) is 20. The Morgan fingerprint density at radius 1 is 0.338 bits per heavy atom. The molecule has 5 aromatic carbocycles. The first-order valence-corrected chi connectivity index (χ1v) is 40.3. The van der Waals surface area contributed by atoms with Gasteiger partial charge in [-0.3, -0.25) is 24.5 Å². The molecule has 5 atom stereocenters. The average molecular weight is 1860 g/mol. The second kappa shape index (κ2) is 61.5. The molecule has 5 saturated carbocycles. The standard InChI is InChI=1S/5C22H31NO3/c5*1-3-23(4-2)17-11-12-18-26-21(24)22(25,19-13-7-5-8-14-19)20-15-9-6-10-16-20/h5*5,7-8,13-14,20,25H,3-4,6,9-10,15-18H2,1-2H3/i3D2,4D2,5D,6D2,7D,8D,9D2,10D2,13D,14D,15D2,16D2,20D,25D;1D3,2D3,5D,6D2,7D,8D,9D2,10D2,13D,14D,15D2,16D2,20D,25D;3D2,4D2,6D2,9D2,10D2,15D2,16D2,20D,25D;3D2,4D2,5D,7D,8D,13D,14D,25D;3D2,4D2,25D. The van der Waals surface area contributed by atoms with Crippen molar-refractivity contribution in [1.29, 1.82) is 7.16 Å². The Morgan fingerprint density at radius 2 is 0.569 bits per heavy atom. The smallest absolute Gasteiger partial charge is 0.344 e. The van der Waals surface area contributed by atoms with Crippen molar-refractivity contribution in [3.05, 3.63) is 179 Å². The van der Waals surface area contributed by atoms with Gasteiger partial charge in [0.15, 0.2) is 61.0 Å². The molecule has 0 aliphatic heterocycles. The maximum Gasteiger partial charge on any atom is 0.344 e. The van der Waals surface area contributed by atoms with E-state index < -0.39 is 415 Å². The second-order valence-corrected chi connectivity index (χ2v) is 26.8. The minimum atomic E-state index is -4.60. The fraction of sp³-hybridized carbons (Fsp3) is 0.591. The van der Waals surface area contributed by atoms with E-state index in [0.717, 1.165) is 98.0 Å². The van der Waals surface area contributed by atoms with Crippen molar-refractivity contribution in [3.8, 4) is 59.2 Å². The fourth-order valence-corrected chi connectivity index (χ4v) is 12.2. The lowest BCUT2D eigenvalue weighted by Gasteiger charge is -2.36. The van der Waals surface area contributed by atoms with E-state index in [9.17, 15) is 26.7 Å². The number of carbonyl (C=O) groups excluding carboxylic acids is 5. The number of benzene rings is 5. The highest BCUT2D eigenvalue weighted by Crippen LogP contribution is 2.46. The number of aliphatic hydroxyl groups is 5. The molecule has 10 rings (SSSR count). The molecule has 5 aromatic rings. The Morgan fingerprint density at radius 3 is 0.823 bits per heavy atom. The molecule has 5 unspecified atom stereocenters. The van der Waals surface area contributed by atoms with E-state index in [-0.39, 0.29) is 25.6 Å². The van der Waals surface area contributed by atoms with Gasteiger partial charge >= 0.3 is 29.8 Å². The molecule has 0 bridgehead atoms. The molecule has 5 aliphatic rings. The predicted molar refractivity (Wildman–Crippen MR) is 517 cm³/mol. The van der Waals surface area contributed by atoms with Gasteiger partial charge in [0.1, 0.15) is 0 Å². The third-order valence-corrected chi connectivity index (χ3v) is 19.2. The summed E-state index contributed by atoms with van der Waals surface area (Å²) in [7, 11) is 0. The van der Waals surface area contributed by atoms with Crippen molar-refractivity contribution in [2.45, 2.75) is 257 Å². The number of carbonyl (C=O) groups is 5. The van der Waals surface area contributed by atoms with Crippen molar-refractivity contribution < 1.29 is 169 Å². The van der Waals surface area contributed by atoms with Gasteiger partial charge in [0.05, 0.1) is 53.3 Å². The summed E-state index contributed by atoms with van der Waals surface area (Å²) in [6, 6.07) is -1.73. The zero-order chi connectivity index (χ0) is 160. The van der Waals surface area contributed by atoms with Crippen LogP contribution in [-0.4, -0.2) is 218 Å². The van der Waals surface area contributed by atoms with Gasteiger partial charge in [0, 0.05) is 105 Å². The summed E-state index contributed by atoms with van der Waals surface area (Å²) in [6.45, 7) is -20.4. The van der Waals surface area contributed by atoms with Crippen LogP contribution in [0.3, 0.4) is 0 Å². The van der Waals surface area contributed by atoms with Gasteiger partial charge in [0.25, 0.3) is 0 Å². The summed E-state index contributed by atoms with van der Waals surface area (Å²) in [5.41, 5.74) is -19.7. The average Bonchev–Trinajstić information content (AvgIpc) is 0.598. The maximum atomic E-state index is 14.0. The Balaban J connectivity index is 0.000000387. The molecular formula is C110H155N5O15. The molecule has 5 N–H and O–H groups in total. The minimum Gasteiger partial charge on any atom is -0.450 e. The van der Waals surface area contributed by atoms with E-state index in [1.807, 2.05) is 6.07 Å². The highest BCUT2D eigenvalue weighted by Gasteiger charge is 2.52. The Hall–Kier alpha value is -9.15. The van der Waals surface area contributed by atoms with Crippen molar-refractivity contribution in [1.82, 2.24) is 24.5 Å². The van der Waals surface area contributed by atoms with E-state index in [1.165, 1.54) is 45.9 Å². The molecule has 20 heteroatoms. The van der Waals surface area contributed by atoms with Gasteiger partial charge in [-0.2, -0.15) is 0 Å². The third kappa shape index (κ3) is 33.8. The van der Waals surface area contributed by atoms with Crippen LogP contribution in [0.4, 0.5) is 0 Å². The molecule has 130 heavy (non-hydrogen) atoms. The van der Waals surface area contributed by atoms with E-state index in [2.05, 4.69) is 74.5 Å². The van der Waals surface area contributed by atoms with Crippen LogP contribution in [0.1, 0.15) is 353 Å². The Labute approximate surface area is 886 Å². The van der Waals surface area contributed by atoms with Crippen LogP contribution in [0.15, 0.2) is 151 Å². The van der Waals surface area contributed by atoms with Crippen LogP contribution in [0.2, 0.25) is 0 Å². The normalized spacial score (nSPS) is 33.2. The lowest BCUT2D eigenvalue weighted by molar-refractivity contribution is -0.174. The van der Waals surface area contributed by atoms with Crippen LogP contribution in [0.25, 0.3) is 0 Å². The van der Waals surface area contributed by atoms with Gasteiger partial charge in [-0.05, 0) is 157 Å². The number of hydrogen-bond donors (Lipinski definition) is 5. The lowest BCUT2D eigenvalue weighted by atomic mass is 9.73. The zero-order valence-corrected chi connectivity index (χ0v) is 72.8. The molecule has 5 fully saturated rings. The third-order valence-electron chi connectivity index (χ3n) is 19.2. The van der Waals surface area contributed by atoms with Crippen LogP contribution < -0.4 is 0 Å². The number of esters is 5. The van der Waals surface area contributed by atoms with Crippen molar-refractivity contribution >= 4 is 29.8 Å². The van der Waals surface area contributed by atoms with Crippen LogP contribution in [0.5, 0.6) is 0 Å². The summed E-state index contributed by atoms with van der Waals surface area (Å²) >= 11 is 0. The molecular weight excluding hydrogens is 1630 g/mol. The molecule has 0 heterocycles. The second-order valence-electron chi connectivity index (χ2n) is 26.8. The first kappa shape index (κ1) is 43.0. The maximum absolute atomic E-state index is 14.0. The van der Waals surface area contributed by atoms with E-state index >= 15 is 0 Å². The van der Waals surface area contributed by atoms with Gasteiger partial charge in [-0.15, -0.1) is 0 Å². The lowest BCUT2D eigenvalue weighted by Crippen LogP contribution is -2.45. The summed E-state index contributed by atoms with van der Waals surface area (Å²) in [5, 5.41) is 23.7. The van der Waals surface area contributed by atoms with Crippen molar-refractivity contribution in [2.75, 3.05) is 131 Å². The van der Waals surface area contributed by atoms with Gasteiger partial charge in [-0.25, -0.2) is 24.0 Å². The molecule has 5 aliphatic carbocycles. The summed E-state index contributed by atoms with van der Waals surface area (Å²) in [5.74, 6) is 1.71. The fourth-order valence-electron chi connectivity index (χ4n) is 12.2. The molecule has 710 valence electrons. The summed E-state index contributed by atoms with van der Waals surface area (Å²) in [4.78, 5) is 72.5. The van der Waals surface area contributed by atoms with Crippen LogP contribution >= 0.6 is 0 Å². The van der Waals surface area contributed by atoms with E-state index in [4.69, 9.17) is 134 Å². The molecule has 20 nitrogen and oxygen atoms in total. The topological polar surface area (TPSA) is 249 Å². The van der Waals surface area contributed by atoms with E-state index in [1.54, 1.807) is 24.3 Å². The summed E-state index contributed by atoms with van der Waals surface area (Å²) < 4.78 is 634. The summed E-state index contributed by atoms with van der Waals surface area (Å²) in [6.07, 6.45) is -55.4. The van der Waals surface area contributed by atoms with Crippen molar-refractivity contribution in [2.24, 2.45) is 29.5 Å². The Kier molecular flexibility index (Phi) is 20.4. The molecule has 0 radical (unpaired) electrons. The minimum absolute atomic E-state index is 0.161. The van der Waals surface area contributed by atoms with Crippen LogP contribution in [0, 0.1) is 88.7 Å². The first-order chi connectivity index (χ1) is 92.2.